The predicted octanol–water partition coefficient (Wildman–Crippen LogP) is -3.45. The zero-order chi connectivity index (χ0) is 12.7. The normalized spacial score (nSPS) is 11.4. The van der Waals surface area contributed by atoms with E-state index in [2.05, 4.69) is 4.74 Å². The van der Waals surface area contributed by atoms with E-state index in [1.165, 1.54) is 0 Å². The SMILES string of the molecule is [B]c1c([B])c([B])c(OC(F)(F)F)c([B])c1[B]. The predicted molar refractivity (Wildman–Crippen MR) is 60.1 cm³/mol. The van der Waals surface area contributed by atoms with Crippen molar-refractivity contribution in [3.05, 3.63) is 0 Å². The molecular weight excluding hydrogens is 211 g/mol. The van der Waals surface area contributed by atoms with E-state index >= 15 is 0 Å². The first kappa shape index (κ1) is 13.2. The van der Waals surface area contributed by atoms with E-state index in [1.807, 2.05) is 0 Å². The van der Waals surface area contributed by atoms with Crippen LogP contribution >= 0.6 is 0 Å². The van der Waals surface area contributed by atoms with E-state index in [9.17, 15) is 13.2 Å². The van der Waals surface area contributed by atoms with E-state index in [1.54, 1.807) is 0 Å². The molecule has 0 fully saturated rings. The first-order chi connectivity index (χ1) is 7.15. The highest BCUT2D eigenvalue weighted by atomic mass is 19.4. The molecule has 10 radical (unpaired) electrons. The van der Waals surface area contributed by atoms with Crippen molar-refractivity contribution in [3.8, 4) is 5.75 Å². The lowest BCUT2D eigenvalue weighted by Crippen LogP contribution is -2.55. The minimum Gasteiger partial charge on any atom is -0.407 e. The average Bonchev–Trinajstić information content (AvgIpc) is 2.17. The number of hydrogen-bond donors (Lipinski definition) is 0. The quantitative estimate of drug-likeness (QED) is 0.439. The summed E-state index contributed by atoms with van der Waals surface area (Å²) < 4.78 is 39.7. The van der Waals surface area contributed by atoms with Gasteiger partial charge >= 0.3 is 6.36 Å². The van der Waals surface area contributed by atoms with Gasteiger partial charge in [-0.15, -0.1) is 29.6 Å². The Morgan fingerprint density at radius 3 is 1.31 bits per heavy atom. The molecule has 0 aliphatic heterocycles. The maximum Gasteiger partial charge on any atom is 0.573 e. The maximum atomic E-state index is 12.0. The van der Waals surface area contributed by atoms with Gasteiger partial charge in [-0.2, -0.15) is 0 Å². The zero-order valence-electron chi connectivity index (χ0n) is 7.93. The van der Waals surface area contributed by atoms with Crippen LogP contribution < -0.4 is 32.1 Å². The monoisotopic (exact) mass is 212 g/mol. The van der Waals surface area contributed by atoms with Crippen LogP contribution in [-0.4, -0.2) is 45.6 Å². The molecule has 0 aliphatic carbocycles. The fourth-order valence-corrected chi connectivity index (χ4v) is 1.05. The molecule has 0 aliphatic rings. The highest BCUT2D eigenvalue weighted by Crippen LogP contribution is 2.17. The topological polar surface area (TPSA) is 9.23 Å². The van der Waals surface area contributed by atoms with Crippen molar-refractivity contribution in [3.63, 3.8) is 0 Å². The Kier molecular flexibility index (Phi) is 3.45. The standard InChI is InChI=1S/C7B5F3O/c8-1-2(9)4(11)6(5(12)3(1)10)16-7(13,14)15. The Morgan fingerprint density at radius 2 is 1.00 bits per heavy atom. The molecule has 16 heavy (non-hydrogen) atoms. The molecular formula is C7B5F3O. The third-order valence-electron chi connectivity index (χ3n) is 1.87. The number of benzene rings is 1. The van der Waals surface area contributed by atoms with Crippen molar-refractivity contribution >= 4 is 66.5 Å². The molecule has 0 amide bonds. The van der Waals surface area contributed by atoms with Crippen LogP contribution in [0.2, 0.25) is 0 Å². The molecule has 0 spiro atoms. The van der Waals surface area contributed by atoms with Crippen LogP contribution in [-0.2, 0) is 0 Å². The summed E-state index contributed by atoms with van der Waals surface area (Å²) in [5.41, 5.74) is -1.77. The molecule has 0 atom stereocenters. The van der Waals surface area contributed by atoms with Gasteiger partial charge in [0.2, 0.25) is 0 Å². The molecule has 1 aromatic carbocycles. The second-order valence-corrected chi connectivity index (χ2v) is 2.95. The third kappa shape index (κ3) is 2.44. The lowest BCUT2D eigenvalue weighted by molar-refractivity contribution is -0.273. The summed E-state index contributed by atoms with van der Waals surface area (Å²) in [5, 5.41) is 0. The largest absolute Gasteiger partial charge is 0.573 e. The Morgan fingerprint density at radius 1 is 0.688 bits per heavy atom. The van der Waals surface area contributed by atoms with Gasteiger partial charge in [-0.1, -0.05) is 10.9 Å². The maximum absolute atomic E-state index is 12.0. The van der Waals surface area contributed by atoms with Crippen molar-refractivity contribution in [1.82, 2.24) is 0 Å². The van der Waals surface area contributed by atoms with Gasteiger partial charge in [-0.05, 0) is 0 Å². The molecule has 0 saturated heterocycles. The van der Waals surface area contributed by atoms with Gasteiger partial charge in [-0.3, -0.25) is 0 Å². The molecule has 0 heterocycles. The molecule has 0 bridgehead atoms. The van der Waals surface area contributed by atoms with Crippen LogP contribution in [0, 0.1) is 0 Å². The number of halogens is 3. The van der Waals surface area contributed by atoms with Gasteiger partial charge in [0.25, 0.3) is 0 Å². The fraction of sp³-hybridized carbons (Fsp3) is 0.143. The minimum atomic E-state index is -4.95. The van der Waals surface area contributed by atoms with Gasteiger partial charge in [-0.25, -0.2) is 0 Å². The summed E-state index contributed by atoms with van der Waals surface area (Å²) in [6, 6.07) is 0. The molecule has 0 N–H and O–H groups in total. The van der Waals surface area contributed by atoms with E-state index in [-0.39, 0.29) is 16.4 Å². The Bertz CT molecular complexity index is 402. The van der Waals surface area contributed by atoms with Gasteiger partial charge in [0.15, 0.2) is 0 Å². The summed E-state index contributed by atoms with van der Waals surface area (Å²) in [6.07, 6.45) is -4.95. The summed E-state index contributed by atoms with van der Waals surface area (Å²) >= 11 is 0. The minimum absolute atomic E-state index is 0.176. The van der Waals surface area contributed by atoms with Crippen molar-refractivity contribution in [2.24, 2.45) is 0 Å². The Balaban J connectivity index is 3.40. The van der Waals surface area contributed by atoms with Crippen molar-refractivity contribution < 1.29 is 17.9 Å². The Labute approximate surface area is 97.2 Å². The van der Waals surface area contributed by atoms with Gasteiger partial charge in [0.1, 0.15) is 45.0 Å². The van der Waals surface area contributed by atoms with Gasteiger partial charge in [0, 0.05) is 0 Å². The molecule has 1 rings (SSSR count). The van der Waals surface area contributed by atoms with Crippen molar-refractivity contribution in [2.45, 2.75) is 6.36 Å². The van der Waals surface area contributed by atoms with Crippen LogP contribution in [0.5, 0.6) is 5.75 Å². The van der Waals surface area contributed by atoms with E-state index in [0.717, 1.165) is 0 Å². The summed E-state index contributed by atoms with van der Waals surface area (Å²) in [6.45, 7) is 0. The van der Waals surface area contributed by atoms with E-state index in [4.69, 9.17) is 39.2 Å². The summed E-state index contributed by atoms with van der Waals surface area (Å²) in [5.74, 6) is -0.836. The summed E-state index contributed by atoms with van der Waals surface area (Å²) in [7, 11) is 26.6. The summed E-state index contributed by atoms with van der Waals surface area (Å²) in [4.78, 5) is 0. The lowest BCUT2D eigenvalue weighted by atomic mass is 9.62. The van der Waals surface area contributed by atoms with Gasteiger partial charge < -0.3 is 4.74 Å². The molecule has 1 aromatic rings. The molecule has 70 valence electrons. The van der Waals surface area contributed by atoms with Crippen LogP contribution in [0.3, 0.4) is 0 Å². The lowest BCUT2D eigenvalue weighted by Gasteiger charge is -2.21. The first-order valence-corrected chi connectivity index (χ1v) is 3.92. The second kappa shape index (κ2) is 4.19. The molecule has 0 aromatic heterocycles. The van der Waals surface area contributed by atoms with Crippen LogP contribution in [0.4, 0.5) is 13.2 Å². The van der Waals surface area contributed by atoms with Crippen molar-refractivity contribution in [2.75, 3.05) is 0 Å². The smallest absolute Gasteiger partial charge is 0.407 e. The highest BCUT2D eigenvalue weighted by Gasteiger charge is 2.32. The Hall–Kier alpha value is -0.865. The molecule has 1 nitrogen and oxygen atoms in total. The second-order valence-electron chi connectivity index (χ2n) is 2.95. The zero-order valence-corrected chi connectivity index (χ0v) is 7.93. The van der Waals surface area contributed by atoms with Crippen LogP contribution in [0.1, 0.15) is 0 Å². The molecule has 0 saturated carbocycles. The van der Waals surface area contributed by atoms with Crippen molar-refractivity contribution in [1.29, 1.82) is 0 Å². The third-order valence-corrected chi connectivity index (χ3v) is 1.87. The number of hydrogen-bond acceptors (Lipinski definition) is 1. The highest BCUT2D eigenvalue weighted by molar-refractivity contribution is 6.67. The van der Waals surface area contributed by atoms with E-state index in [0.29, 0.717) is 0 Å². The van der Waals surface area contributed by atoms with Crippen LogP contribution in [0.25, 0.3) is 0 Å². The fourth-order valence-electron chi connectivity index (χ4n) is 1.05. The number of ether oxygens (including phenoxy) is 1. The average molecular weight is 211 g/mol. The van der Waals surface area contributed by atoms with Gasteiger partial charge in [0.05, 0.1) is 0 Å². The van der Waals surface area contributed by atoms with Crippen LogP contribution in [0.15, 0.2) is 0 Å². The first-order valence-electron chi connectivity index (χ1n) is 3.92. The number of rotatable bonds is 1. The molecule has 0 unspecified atom stereocenters. The van der Waals surface area contributed by atoms with E-state index < -0.39 is 23.0 Å². The molecule has 9 heteroatoms. The number of alkyl halides is 3.